The number of pyridine rings is 1. The summed E-state index contributed by atoms with van der Waals surface area (Å²) in [5.41, 5.74) is 2.23. The van der Waals surface area contributed by atoms with E-state index >= 15 is 0 Å². The minimum absolute atomic E-state index is 0.353. The van der Waals surface area contributed by atoms with Gasteiger partial charge in [0, 0.05) is 12.0 Å². The van der Waals surface area contributed by atoms with Gasteiger partial charge < -0.3 is 9.84 Å². The smallest absolute Gasteiger partial charge is 0.141 e. The van der Waals surface area contributed by atoms with Crippen LogP contribution < -0.4 is 4.74 Å². The maximum Gasteiger partial charge on any atom is 0.141 e. The van der Waals surface area contributed by atoms with Gasteiger partial charge in [-0.1, -0.05) is 82.4 Å². The molecule has 1 aromatic heterocycles. The SMILES string of the molecule is OCCCCCCCCCCCCCCc1nc2ccccc2cc1OCC1CC1. The Bertz CT molecular complexity index is 726. The van der Waals surface area contributed by atoms with E-state index in [2.05, 4.69) is 30.3 Å². The summed E-state index contributed by atoms with van der Waals surface area (Å²) >= 11 is 0. The van der Waals surface area contributed by atoms with Crippen molar-refractivity contribution in [2.45, 2.75) is 96.3 Å². The van der Waals surface area contributed by atoms with Crippen LogP contribution in [0.25, 0.3) is 10.9 Å². The van der Waals surface area contributed by atoms with Gasteiger partial charge in [-0.25, -0.2) is 4.98 Å². The molecule has 3 rings (SSSR count). The van der Waals surface area contributed by atoms with E-state index in [0.29, 0.717) is 6.61 Å². The molecule has 3 nitrogen and oxygen atoms in total. The minimum Gasteiger partial charge on any atom is -0.491 e. The predicted octanol–water partition coefficient (Wildman–Crippen LogP) is 7.24. The summed E-state index contributed by atoms with van der Waals surface area (Å²) in [5.74, 6) is 1.78. The zero-order valence-corrected chi connectivity index (χ0v) is 18.8. The van der Waals surface area contributed by atoms with Gasteiger partial charge in [0.05, 0.1) is 17.8 Å². The number of hydrogen-bond acceptors (Lipinski definition) is 3. The molecule has 0 spiro atoms. The third-order valence-corrected chi connectivity index (χ3v) is 6.26. The highest BCUT2D eigenvalue weighted by Gasteiger charge is 2.22. The van der Waals surface area contributed by atoms with Crippen molar-refractivity contribution in [3.05, 3.63) is 36.0 Å². The molecule has 1 aliphatic carbocycles. The summed E-state index contributed by atoms with van der Waals surface area (Å²) in [6.07, 6.45) is 19.1. The number of unbranched alkanes of at least 4 members (excludes halogenated alkanes) is 11. The largest absolute Gasteiger partial charge is 0.491 e. The molecule has 166 valence electrons. The van der Waals surface area contributed by atoms with Crippen molar-refractivity contribution in [1.82, 2.24) is 4.98 Å². The van der Waals surface area contributed by atoms with Crippen molar-refractivity contribution in [3.63, 3.8) is 0 Å². The van der Waals surface area contributed by atoms with Crippen LogP contribution in [-0.2, 0) is 6.42 Å². The topological polar surface area (TPSA) is 42.4 Å². The van der Waals surface area contributed by atoms with Gasteiger partial charge in [-0.2, -0.15) is 0 Å². The third kappa shape index (κ3) is 8.63. The van der Waals surface area contributed by atoms with Crippen LogP contribution in [0, 0.1) is 5.92 Å². The highest BCUT2D eigenvalue weighted by molar-refractivity contribution is 5.80. The Morgan fingerprint density at radius 2 is 1.40 bits per heavy atom. The molecule has 0 unspecified atom stereocenters. The number of fused-ring (bicyclic) bond motifs is 1. The van der Waals surface area contributed by atoms with E-state index in [4.69, 9.17) is 14.8 Å². The standard InChI is InChI=1S/C27H41NO2/c29-20-14-10-8-6-4-2-1-3-5-7-9-11-17-26-27(30-22-23-18-19-23)21-24-15-12-13-16-25(24)28-26/h12-13,15-16,21,23,29H,1-11,14,17-20,22H2. The number of rotatable bonds is 17. The third-order valence-electron chi connectivity index (χ3n) is 6.26. The Hall–Kier alpha value is -1.61. The van der Waals surface area contributed by atoms with Crippen molar-refractivity contribution in [2.75, 3.05) is 13.2 Å². The van der Waals surface area contributed by atoms with Crippen LogP contribution in [0.4, 0.5) is 0 Å². The fraction of sp³-hybridized carbons (Fsp3) is 0.667. The van der Waals surface area contributed by atoms with E-state index in [-0.39, 0.29) is 0 Å². The summed E-state index contributed by atoms with van der Waals surface area (Å²) in [4.78, 5) is 4.93. The second kappa shape index (κ2) is 13.6. The molecule has 0 radical (unpaired) electrons. The van der Waals surface area contributed by atoms with Gasteiger partial charge in [-0.05, 0) is 50.2 Å². The Labute approximate surface area is 183 Å². The van der Waals surface area contributed by atoms with Crippen LogP contribution in [0.2, 0.25) is 0 Å². The fourth-order valence-electron chi connectivity index (χ4n) is 4.10. The van der Waals surface area contributed by atoms with Crippen LogP contribution in [0.5, 0.6) is 5.75 Å². The molecule has 0 amide bonds. The quantitative estimate of drug-likeness (QED) is 0.279. The summed E-state index contributed by atoms with van der Waals surface area (Å²) in [5, 5.41) is 9.97. The maximum atomic E-state index is 8.78. The van der Waals surface area contributed by atoms with Crippen molar-refractivity contribution in [3.8, 4) is 5.75 Å². The first kappa shape index (κ1) is 23.1. The average molecular weight is 412 g/mol. The Morgan fingerprint density at radius 3 is 2.03 bits per heavy atom. The number of aryl methyl sites for hydroxylation is 1. The number of aromatic nitrogens is 1. The number of para-hydroxylation sites is 1. The van der Waals surface area contributed by atoms with Crippen molar-refractivity contribution in [1.29, 1.82) is 0 Å². The van der Waals surface area contributed by atoms with E-state index in [1.54, 1.807) is 0 Å². The molecule has 0 atom stereocenters. The first-order valence-corrected chi connectivity index (χ1v) is 12.5. The number of ether oxygens (including phenoxy) is 1. The van der Waals surface area contributed by atoms with E-state index in [0.717, 1.165) is 42.3 Å². The molecule has 1 fully saturated rings. The average Bonchev–Trinajstić information content (AvgIpc) is 3.60. The lowest BCUT2D eigenvalue weighted by Gasteiger charge is -2.12. The summed E-state index contributed by atoms with van der Waals surface area (Å²) < 4.78 is 6.16. The van der Waals surface area contributed by atoms with Gasteiger partial charge in [-0.15, -0.1) is 0 Å². The number of aliphatic hydroxyl groups is 1. The van der Waals surface area contributed by atoms with E-state index in [9.17, 15) is 0 Å². The molecule has 1 aliphatic rings. The molecule has 2 aromatic rings. The van der Waals surface area contributed by atoms with E-state index in [1.807, 2.05) is 0 Å². The molecule has 0 aliphatic heterocycles. The van der Waals surface area contributed by atoms with Crippen LogP contribution in [-0.4, -0.2) is 23.3 Å². The molecule has 0 saturated heterocycles. The van der Waals surface area contributed by atoms with Gasteiger partial charge >= 0.3 is 0 Å². The molecule has 1 aromatic carbocycles. The second-order valence-corrected chi connectivity index (χ2v) is 9.10. The molecule has 1 N–H and O–H groups in total. The lowest BCUT2D eigenvalue weighted by Crippen LogP contribution is -2.04. The first-order valence-electron chi connectivity index (χ1n) is 12.5. The zero-order valence-electron chi connectivity index (χ0n) is 18.8. The summed E-state index contributed by atoms with van der Waals surface area (Å²) in [6, 6.07) is 10.6. The molecular formula is C27H41NO2. The molecular weight excluding hydrogens is 370 g/mol. The number of hydrogen-bond donors (Lipinski definition) is 1. The monoisotopic (exact) mass is 411 g/mol. The first-order chi connectivity index (χ1) is 14.9. The van der Waals surface area contributed by atoms with Gasteiger partial charge in [0.1, 0.15) is 5.75 Å². The van der Waals surface area contributed by atoms with Crippen LogP contribution in [0.15, 0.2) is 30.3 Å². The highest BCUT2D eigenvalue weighted by atomic mass is 16.5. The van der Waals surface area contributed by atoms with E-state index in [1.165, 1.54) is 88.9 Å². The summed E-state index contributed by atoms with van der Waals surface area (Å²) in [7, 11) is 0. The Balaban J connectivity index is 1.30. The Morgan fingerprint density at radius 1 is 0.800 bits per heavy atom. The maximum absolute atomic E-state index is 8.78. The van der Waals surface area contributed by atoms with Crippen LogP contribution in [0.3, 0.4) is 0 Å². The fourth-order valence-corrected chi connectivity index (χ4v) is 4.10. The molecule has 0 bridgehead atoms. The minimum atomic E-state index is 0.353. The molecule has 1 heterocycles. The number of benzene rings is 1. The molecule has 30 heavy (non-hydrogen) atoms. The van der Waals surface area contributed by atoms with E-state index < -0.39 is 0 Å². The van der Waals surface area contributed by atoms with Gasteiger partial charge in [0.15, 0.2) is 0 Å². The normalized spacial score (nSPS) is 13.8. The van der Waals surface area contributed by atoms with Crippen molar-refractivity contribution < 1.29 is 9.84 Å². The lowest BCUT2D eigenvalue weighted by atomic mass is 10.0. The summed E-state index contributed by atoms with van der Waals surface area (Å²) in [6.45, 7) is 1.21. The highest BCUT2D eigenvalue weighted by Crippen LogP contribution is 2.31. The molecule has 3 heteroatoms. The van der Waals surface area contributed by atoms with Gasteiger partial charge in [0.25, 0.3) is 0 Å². The van der Waals surface area contributed by atoms with Crippen LogP contribution in [0.1, 0.15) is 95.6 Å². The Kier molecular flexibility index (Phi) is 10.5. The van der Waals surface area contributed by atoms with Crippen LogP contribution >= 0.6 is 0 Å². The number of aliphatic hydroxyl groups excluding tert-OH is 1. The predicted molar refractivity (Wildman–Crippen MR) is 126 cm³/mol. The molecule has 1 saturated carbocycles. The number of nitrogens with zero attached hydrogens (tertiary/aromatic N) is 1. The van der Waals surface area contributed by atoms with Crippen molar-refractivity contribution >= 4 is 10.9 Å². The van der Waals surface area contributed by atoms with Crippen molar-refractivity contribution in [2.24, 2.45) is 5.92 Å². The lowest BCUT2D eigenvalue weighted by molar-refractivity contribution is 0.282. The second-order valence-electron chi connectivity index (χ2n) is 9.10. The zero-order chi connectivity index (χ0) is 20.9. The van der Waals surface area contributed by atoms with Gasteiger partial charge in [-0.3, -0.25) is 0 Å². The van der Waals surface area contributed by atoms with Gasteiger partial charge in [0.2, 0.25) is 0 Å².